The molecule has 0 saturated carbocycles. The molecule has 2 rings (SSSR count). The zero-order valence-corrected chi connectivity index (χ0v) is 9.78. The fraction of sp³-hybridized carbons (Fsp3) is 0.250. The Hall–Kier alpha value is -1.97. The fourth-order valence-corrected chi connectivity index (χ4v) is 1.56. The molecular weight excluding hydrogens is 200 g/mol. The van der Waals surface area contributed by atoms with E-state index < -0.39 is 0 Å². The van der Waals surface area contributed by atoms with E-state index in [-0.39, 0.29) is 0 Å². The lowest BCUT2D eigenvalue weighted by Crippen LogP contribution is -2.02. The maximum Gasteiger partial charge on any atom is 0.150 e. The summed E-state index contributed by atoms with van der Waals surface area (Å²) in [6.45, 7) is 2.07. The van der Waals surface area contributed by atoms with Gasteiger partial charge in [-0.05, 0) is 19.1 Å². The Bertz CT molecular complexity index is 470. The standard InChI is InChI=1S/C12H16N4/c1-9-4-6-10(7-5-9)16-12(14-3)8-11(13-2)15-16/h4-8,14H,1-3H3,(H,13,15). The van der Waals surface area contributed by atoms with E-state index in [9.17, 15) is 0 Å². The lowest BCUT2D eigenvalue weighted by Gasteiger charge is -2.06. The molecule has 0 bridgehead atoms. The largest absolute Gasteiger partial charge is 0.373 e. The maximum absolute atomic E-state index is 4.44. The van der Waals surface area contributed by atoms with Crippen molar-refractivity contribution in [1.82, 2.24) is 9.78 Å². The van der Waals surface area contributed by atoms with Crippen molar-refractivity contribution in [2.45, 2.75) is 6.92 Å². The molecule has 0 aliphatic heterocycles. The summed E-state index contributed by atoms with van der Waals surface area (Å²) in [6, 6.07) is 10.2. The van der Waals surface area contributed by atoms with E-state index in [2.05, 4.69) is 46.9 Å². The van der Waals surface area contributed by atoms with E-state index in [1.54, 1.807) is 0 Å². The molecular formula is C12H16N4. The first-order valence-electron chi connectivity index (χ1n) is 5.27. The summed E-state index contributed by atoms with van der Waals surface area (Å²) in [5, 5.41) is 10.6. The molecule has 0 amide bonds. The Morgan fingerprint density at radius 1 is 1.06 bits per heavy atom. The molecule has 0 radical (unpaired) electrons. The number of nitrogens with one attached hydrogen (secondary N) is 2. The summed E-state index contributed by atoms with van der Waals surface area (Å²) in [5.41, 5.74) is 2.30. The zero-order valence-electron chi connectivity index (χ0n) is 9.78. The lowest BCUT2D eigenvalue weighted by atomic mass is 10.2. The predicted molar refractivity (Wildman–Crippen MR) is 67.4 cm³/mol. The Kier molecular flexibility index (Phi) is 2.81. The van der Waals surface area contributed by atoms with Gasteiger partial charge in [-0.1, -0.05) is 17.7 Å². The number of hydrogen-bond acceptors (Lipinski definition) is 3. The van der Waals surface area contributed by atoms with Crippen LogP contribution in [0.5, 0.6) is 0 Å². The van der Waals surface area contributed by atoms with Crippen molar-refractivity contribution in [3.05, 3.63) is 35.9 Å². The highest BCUT2D eigenvalue weighted by molar-refractivity contribution is 5.53. The summed E-state index contributed by atoms with van der Waals surface area (Å²) in [6.07, 6.45) is 0. The van der Waals surface area contributed by atoms with Gasteiger partial charge in [0.2, 0.25) is 0 Å². The van der Waals surface area contributed by atoms with Crippen LogP contribution < -0.4 is 10.6 Å². The van der Waals surface area contributed by atoms with Gasteiger partial charge in [-0.15, -0.1) is 5.10 Å². The van der Waals surface area contributed by atoms with E-state index >= 15 is 0 Å². The van der Waals surface area contributed by atoms with Crippen molar-refractivity contribution in [3.63, 3.8) is 0 Å². The molecule has 1 heterocycles. The molecule has 0 unspecified atom stereocenters. The number of benzene rings is 1. The van der Waals surface area contributed by atoms with Gasteiger partial charge in [-0.2, -0.15) is 0 Å². The molecule has 0 aliphatic carbocycles. The summed E-state index contributed by atoms with van der Waals surface area (Å²) >= 11 is 0. The molecule has 4 heteroatoms. The van der Waals surface area contributed by atoms with Crippen LogP contribution in [0.15, 0.2) is 30.3 Å². The van der Waals surface area contributed by atoms with Gasteiger partial charge in [0.25, 0.3) is 0 Å². The number of anilines is 2. The van der Waals surface area contributed by atoms with Gasteiger partial charge in [0, 0.05) is 20.2 Å². The van der Waals surface area contributed by atoms with E-state index in [4.69, 9.17) is 0 Å². The molecule has 0 aliphatic rings. The molecule has 1 aromatic carbocycles. The predicted octanol–water partition coefficient (Wildman–Crippen LogP) is 2.26. The molecule has 2 aromatic rings. The maximum atomic E-state index is 4.44. The Labute approximate surface area is 95.3 Å². The van der Waals surface area contributed by atoms with E-state index in [1.165, 1.54) is 5.56 Å². The fourth-order valence-electron chi connectivity index (χ4n) is 1.56. The highest BCUT2D eigenvalue weighted by Crippen LogP contribution is 2.19. The number of aryl methyl sites for hydroxylation is 1. The monoisotopic (exact) mass is 216 g/mol. The van der Waals surface area contributed by atoms with Crippen molar-refractivity contribution >= 4 is 11.6 Å². The summed E-state index contributed by atoms with van der Waals surface area (Å²) in [7, 11) is 3.75. The average molecular weight is 216 g/mol. The van der Waals surface area contributed by atoms with Gasteiger partial charge in [0.15, 0.2) is 0 Å². The van der Waals surface area contributed by atoms with Crippen molar-refractivity contribution in [1.29, 1.82) is 0 Å². The third-order valence-electron chi connectivity index (χ3n) is 2.50. The molecule has 0 atom stereocenters. The molecule has 0 saturated heterocycles. The van der Waals surface area contributed by atoms with Crippen LogP contribution >= 0.6 is 0 Å². The highest BCUT2D eigenvalue weighted by atomic mass is 15.4. The molecule has 0 fully saturated rings. The average Bonchev–Trinajstić information content (AvgIpc) is 2.73. The van der Waals surface area contributed by atoms with Crippen LogP contribution in [0.2, 0.25) is 0 Å². The molecule has 16 heavy (non-hydrogen) atoms. The Morgan fingerprint density at radius 2 is 1.75 bits per heavy atom. The van der Waals surface area contributed by atoms with Crippen molar-refractivity contribution < 1.29 is 0 Å². The normalized spacial score (nSPS) is 10.2. The van der Waals surface area contributed by atoms with Crippen LogP contribution in [0.3, 0.4) is 0 Å². The molecule has 4 nitrogen and oxygen atoms in total. The highest BCUT2D eigenvalue weighted by Gasteiger charge is 2.06. The Morgan fingerprint density at radius 3 is 2.31 bits per heavy atom. The van der Waals surface area contributed by atoms with Gasteiger partial charge in [0.05, 0.1) is 5.69 Å². The van der Waals surface area contributed by atoms with Crippen LogP contribution in [0.4, 0.5) is 11.6 Å². The quantitative estimate of drug-likeness (QED) is 0.827. The zero-order chi connectivity index (χ0) is 11.5. The smallest absolute Gasteiger partial charge is 0.150 e. The van der Waals surface area contributed by atoms with Crippen LogP contribution in [-0.2, 0) is 0 Å². The minimum absolute atomic E-state index is 0.852. The van der Waals surface area contributed by atoms with Crippen LogP contribution in [-0.4, -0.2) is 23.9 Å². The molecule has 84 valence electrons. The third kappa shape index (κ3) is 1.86. The van der Waals surface area contributed by atoms with E-state index in [0.717, 1.165) is 17.3 Å². The first-order chi connectivity index (χ1) is 7.74. The van der Waals surface area contributed by atoms with Gasteiger partial charge in [0.1, 0.15) is 11.6 Å². The van der Waals surface area contributed by atoms with Gasteiger partial charge in [-0.25, -0.2) is 4.68 Å². The second-order valence-corrected chi connectivity index (χ2v) is 3.66. The van der Waals surface area contributed by atoms with Gasteiger partial charge >= 0.3 is 0 Å². The van der Waals surface area contributed by atoms with Crippen LogP contribution in [0, 0.1) is 6.92 Å². The third-order valence-corrected chi connectivity index (χ3v) is 2.50. The first-order valence-corrected chi connectivity index (χ1v) is 5.27. The second kappa shape index (κ2) is 4.26. The Balaban J connectivity index is 2.45. The van der Waals surface area contributed by atoms with Crippen molar-refractivity contribution in [2.75, 3.05) is 24.7 Å². The minimum Gasteiger partial charge on any atom is -0.373 e. The number of hydrogen-bond donors (Lipinski definition) is 2. The number of nitrogens with zero attached hydrogens (tertiary/aromatic N) is 2. The number of aromatic nitrogens is 2. The summed E-state index contributed by atoms with van der Waals surface area (Å²) in [4.78, 5) is 0. The molecule has 1 aromatic heterocycles. The van der Waals surface area contributed by atoms with E-state index in [1.807, 2.05) is 24.8 Å². The number of rotatable bonds is 3. The topological polar surface area (TPSA) is 41.9 Å². The lowest BCUT2D eigenvalue weighted by molar-refractivity contribution is 0.887. The van der Waals surface area contributed by atoms with Crippen molar-refractivity contribution in [2.24, 2.45) is 0 Å². The molecule has 2 N–H and O–H groups in total. The van der Waals surface area contributed by atoms with Crippen LogP contribution in [0.25, 0.3) is 5.69 Å². The summed E-state index contributed by atoms with van der Waals surface area (Å²) in [5.74, 6) is 1.82. The SMILES string of the molecule is CNc1cc(NC)n(-c2ccc(C)cc2)n1. The van der Waals surface area contributed by atoms with Gasteiger partial charge in [-0.3, -0.25) is 0 Å². The second-order valence-electron chi connectivity index (χ2n) is 3.66. The van der Waals surface area contributed by atoms with Crippen LogP contribution in [0.1, 0.15) is 5.56 Å². The van der Waals surface area contributed by atoms with Crippen molar-refractivity contribution in [3.8, 4) is 5.69 Å². The summed E-state index contributed by atoms with van der Waals surface area (Å²) < 4.78 is 1.88. The van der Waals surface area contributed by atoms with E-state index in [0.29, 0.717) is 0 Å². The first kappa shape index (κ1) is 10.5. The minimum atomic E-state index is 0.852. The molecule has 0 spiro atoms. The van der Waals surface area contributed by atoms with Gasteiger partial charge < -0.3 is 10.6 Å².